The molecule has 82 valence electrons. The van der Waals surface area contributed by atoms with Gasteiger partial charge in [-0.15, -0.1) is 0 Å². The summed E-state index contributed by atoms with van der Waals surface area (Å²) in [6.45, 7) is 3.14. The summed E-state index contributed by atoms with van der Waals surface area (Å²) in [5, 5.41) is 2.83. The first-order valence-corrected chi connectivity index (χ1v) is 5.69. The van der Waals surface area contributed by atoms with Gasteiger partial charge in [-0.05, 0) is 37.6 Å². The number of amides is 1. The summed E-state index contributed by atoms with van der Waals surface area (Å²) in [5.74, 6) is -0.0396. The summed E-state index contributed by atoms with van der Waals surface area (Å²) in [5.41, 5.74) is 7.03. The van der Waals surface area contributed by atoms with E-state index in [-0.39, 0.29) is 5.91 Å². The van der Waals surface area contributed by atoms with E-state index in [0.29, 0.717) is 18.7 Å². The standard InChI is InChI=1S/C11H15BrN2O/c1-8-3-4-9(12)7-10(8)11(15)14-6-2-5-13/h3-4,7H,2,5-6,13H2,1H3,(H,14,15). The van der Waals surface area contributed by atoms with Crippen molar-refractivity contribution in [2.24, 2.45) is 5.73 Å². The van der Waals surface area contributed by atoms with Gasteiger partial charge in [0.1, 0.15) is 0 Å². The van der Waals surface area contributed by atoms with Gasteiger partial charge in [0.05, 0.1) is 0 Å². The van der Waals surface area contributed by atoms with Gasteiger partial charge in [-0.2, -0.15) is 0 Å². The molecule has 0 aromatic heterocycles. The van der Waals surface area contributed by atoms with Gasteiger partial charge in [0.25, 0.3) is 5.91 Å². The number of halogens is 1. The second kappa shape index (κ2) is 5.88. The molecule has 0 unspecified atom stereocenters. The maximum Gasteiger partial charge on any atom is 0.251 e. The Kier molecular flexibility index (Phi) is 4.78. The molecular formula is C11H15BrN2O. The lowest BCUT2D eigenvalue weighted by atomic mass is 10.1. The van der Waals surface area contributed by atoms with E-state index >= 15 is 0 Å². The molecule has 1 rings (SSSR count). The second-order valence-corrected chi connectivity index (χ2v) is 4.27. The maximum atomic E-state index is 11.7. The zero-order valence-corrected chi connectivity index (χ0v) is 10.3. The molecule has 0 atom stereocenters. The van der Waals surface area contributed by atoms with Crippen LogP contribution in [0.25, 0.3) is 0 Å². The van der Waals surface area contributed by atoms with Gasteiger partial charge in [-0.25, -0.2) is 0 Å². The van der Waals surface area contributed by atoms with E-state index in [1.807, 2.05) is 25.1 Å². The molecule has 0 saturated carbocycles. The van der Waals surface area contributed by atoms with Crippen molar-refractivity contribution < 1.29 is 4.79 Å². The van der Waals surface area contributed by atoms with E-state index in [2.05, 4.69) is 21.2 Å². The van der Waals surface area contributed by atoms with Crippen LogP contribution in [0.3, 0.4) is 0 Å². The number of nitrogens with one attached hydrogen (secondary N) is 1. The van der Waals surface area contributed by atoms with Gasteiger partial charge < -0.3 is 11.1 Å². The van der Waals surface area contributed by atoms with Crippen LogP contribution in [0.5, 0.6) is 0 Å². The number of hydrogen-bond acceptors (Lipinski definition) is 2. The minimum absolute atomic E-state index is 0.0396. The van der Waals surface area contributed by atoms with Crippen LogP contribution in [0, 0.1) is 6.92 Å². The lowest BCUT2D eigenvalue weighted by Gasteiger charge is -2.07. The zero-order valence-electron chi connectivity index (χ0n) is 8.72. The van der Waals surface area contributed by atoms with Crippen molar-refractivity contribution in [3.63, 3.8) is 0 Å². The minimum Gasteiger partial charge on any atom is -0.352 e. The molecule has 0 spiro atoms. The summed E-state index contributed by atoms with van der Waals surface area (Å²) >= 11 is 3.35. The van der Waals surface area contributed by atoms with Crippen LogP contribution in [-0.2, 0) is 0 Å². The summed E-state index contributed by atoms with van der Waals surface area (Å²) < 4.78 is 0.914. The third-order valence-corrected chi connectivity index (χ3v) is 2.60. The average Bonchev–Trinajstić information content (AvgIpc) is 2.22. The maximum absolute atomic E-state index is 11.7. The third-order valence-electron chi connectivity index (χ3n) is 2.11. The highest BCUT2D eigenvalue weighted by Gasteiger charge is 2.08. The Hall–Kier alpha value is -0.870. The van der Waals surface area contributed by atoms with Crippen molar-refractivity contribution in [2.45, 2.75) is 13.3 Å². The summed E-state index contributed by atoms with van der Waals surface area (Å²) in [4.78, 5) is 11.7. The molecular weight excluding hydrogens is 256 g/mol. The molecule has 1 aromatic carbocycles. The first-order valence-electron chi connectivity index (χ1n) is 4.89. The number of rotatable bonds is 4. The second-order valence-electron chi connectivity index (χ2n) is 3.36. The Bertz CT molecular complexity index is 352. The first kappa shape index (κ1) is 12.2. The highest BCUT2D eigenvalue weighted by Crippen LogP contribution is 2.15. The van der Waals surface area contributed by atoms with Crippen molar-refractivity contribution in [1.82, 2.24) is 5.32 Å². The van der Waals surface area contributed by atoms with E-state index in [0.717, 1.165) is 16.5 Å². The fourth-order valence-electron chi connectivity index (χ4n) is 1.24. The molecule has 3 nitrogen and oxygen atoms in total. The number of carbonyl (C=O) groups is 1. The van der Waals surface area contributed by atoms with Crippen molar-refractivity contribution in [3.8, 4) is 0 Å². The largest absolute Gasteiger partial charge is 0.352 e. The summed E-state index contributed by atoms with van der Waals surface area (Å²) in [7, 11) is 0. The highest BCUT2D eigenvalue weighted by atomic mass is 79.9. The molecule has 3 N–H and O–H groups in total. The molecule has 0 saturated heterocycles. The molecule has 0 aliphatic carbocycles. The number of hydrogen-bond donors (Lipinski definition) is 2. The van der Waals surface area contributed by atoms with Gasteiger partial charge in [0.15, 0.2) is 0 Å². The quantitative estimate of drug-likeness (QED) is 0.821. The Morgan fingerprint density at radius 3 is 2.93 bits per heavy atom. The van der Waals surface area contributed by atoms with Gasteiger partial charge in [0, 0.05) is 16.6 Å². The Balaban J connectivity index is 2.68. The van der Waals surface area contributed by atoms with Crippen LogP contribution in [0.2, 0.25) is 0 Å². The number of nitrogens with two attached hydrogens (primary N) is 1. The highest BCUT2D eigenvalue weighted by molar-refractivity contribution is 9.10. The molecule has 0 fully saturated rings. The van der Waals surface area contributed by atoms with E-state index in [1.165, 1.54) is 0 Å². The van der Waals surface area contributed by atoms with E-state index in [9.17, 15) is 4.79 Å². The molecule has 1 amide bonds. The van der Waals surface area contributed by atoms with Gasteiger partial charge in [0.2, 0.25) is 0 Å². The smallest absolute Gasteiger partial charge is 0.251 e. The average molecular weight is 271 g/mol. The van der Waals surface area contributed by atoms with Gasteiger partial charge >= 0.3 is 0 Å². The van der Waals surface area contributed by atoms with E-state index < -0.39 is 0 Å². The number of benzene rings is 1. The molecule has 15 heavy (non-hydrogen) atoms. The topological polar surface area (TPSA) is 55.1 Å². The molecule has 4 heteroatoms. The Morgan fingerprint density at radius 2 is 2.27 bits per heavy atom. The predicted octanol–water partition coefficient (Wildman–Crippen LogP) is 1.84. The van der Waals surface area contributed by atoms with Crippen LogP contribution < -0.4 is 11.1 Å². The molecule has 0 heterocycles. The van der Waals surface area contributed by atoms with Crippen LogP contribution >= 0.6 is 15.9 Å². The monoisotopic (exact) mass is 270 g/mol. The van der Waals surface area contributed by atoms with E-state index in [1.54, 1.807) is 0 Å². The zero-order chi connectivity index (χ0) is 11.3. The third kappa shape index (κ3) is 3.64. The van der Waals surface area contributed by atoms with Crippen molar-refractivity contribution in [1.29, 1.82) is 0 Å². The van der Waals surface area contributed by atoms with E-state index in [4.69, 9.17) is 5.73 Å². The lowest BCUT2D eigenvalue weighted by molar-refractivity contribution is 0.0953. The fourth-order valence-corrected chi connectivity index (χ4v) is 1.60. The van der Waals surface area contributed by atoms with Crippen LogP contribution in [0.15, 0.2) is 22.7 Å². The van der Waals surface area contributed by atoms with Gasteiger partial charge in [-0.1, -0.05) is 22.0 Å². The fraction of sp³-hybridized carbons (Fsp3) is 0.364. The summed E-state index contributed by atoms with van der Waals surface area (Å²) in [6, 6.07) is 5.67. The predicted molar refractivity (Wildman–Crippen MR) is 64.9 cm³/mol. The van der Waals surface area contributed by atoms with Crippen molar-refractivity contribution in [2.75, 3.05) is 13.1 Å². The minimum atomic E-state index is -0.0396. The lowest BCUT2D eigenvalue weighted by Crippen LogP contribution is -2.26. The Morgan fingerprint density at radius 1 is 1.53 bits per heavy atom. The van der Waals surface area contributed by atoms with Crippen molar-refractivity contribution >= 4 is 21.8 Å². The molecule has 0 bridgehead atoms. The van der Waals surface area contributed by atoms with Crippen LogP contribution in [0.1, 0.15) is 22.3 Å². The number of aryl methyl sites for hydroxylation is 1. The molecule has 1 aromatic rings. The molecule has 0 aliphatic rings. The number of carbonyl (C=O) groups excluding carboxylic acids is 1. The van der Waals surface area contributed by atoms with Crippen molar-refractivity contribution in [3.05, 3.63) is 33.8 Å². The molecule has 0 aliphatic heterocycles. The normalized spacial score (nSPS) is 10.1. The first-order chi connectivity index (χ1) is 7.15. The van der Waals surface area contributed by atoms with Gasteiger partial charge in [-0.3, -0.25) is 4.79 Å². The molecule has 0 radical (unpaired) electrons. The van der Waals surface area contributed by atoms with Crippen LogP contribution in [-0.4, -0.2) is 19.0 Å². The Labute approximate surface area is 98.2 Å². The summed E-state index contributed by atoms with van der Waals surface area (Å²) in [6.07, 6.45) is 0.804. The van der Waals surface area contributed by atoms with Crippen LogP contribution in [0.4, 0.5) is 0 Å². The SMILES string of the molecule is Cc1ccc(Br)cc1C(=O)NCCCN.